The number of carbonyl (C=O) groups excluding carboxylic acids is 3. The molecule has 3 fully saturated rings. The lowest BCUT2D eigenvalue weighted by atomic mass is 9.46. The lowest BCUT2D eigenvalue weighted by Gasteiger charge is -2.57. The number of rotatable bonds is 6. The quantitative estimate of drug-likeness (QED) is 0.177. The summed E-state index contributed by atoms with van der Waals surface area (Å²) in [6.07, 6.45) is 24.7. The fourth-order valence-corrected chi connectivity index (χ4v) is 14.9. The summed E-state index contributed by atoms with van der Waals surface area (Å²) in [7, 11) is 0. The van der Waals surface area contributed by atoms with E-state index in [1.807, 2.05) is 30.3 Å². The molecule has 12 atom stereocenters. The third-order valence-electron chi connectivity index (χ3n) is 17.4. The predicted octanol–water partition coefficient (Wildman–Crippen LogP) is 10.1. The molecule has 8 aliphatic rings. The van der Waals surface area contributed by atoms with E-state index in [1.54, 1.807) is 19.1 Å². The van der Waals surface area contributed by atoms with Gasteiger partial charge in [0.25, 0.3) is 0 Å². The van der Waals surface area contributed by atoms with Crippen LogP contribution < -0.4 is 0 Å². The highest BCUT2D eigenvalue weighted by Crippen LogP contribution is 2.69. The maximum atomic E-state index is 14.4. The van der Waals surface area contributed by atoms with Crippen molar-refractivity contribution in [2.45, 2.75) is 116 Å². The smallest absolute Gasteiger partial charge is 0.339 e. The molecule has 1 aromatic carbocycles. The summed E-state index contributed by atoms with van der Waals surface area (Å²) in [6, 6.07) is 7.70. The number of aliphatic hydroxyl groups excluding tert-OH is 1. The van der Waals surface area contributed by atoms with E-state index >= 15 is 0 Å². The number of aliphatic hydroxyl groups is 1. The maximum Gasteiger partial charge on any atom is 0.339 e. The number of fused-ring (bicyclic) bond motifs is 9. The Morgan fingerprint density at radius 3 is 2.51 bits per heavy atom. The Hall–Kier alpha value is -3.28. The molecule has 1 N–H and O–H groups in total. The molecule has 0 heterocycles. The first-order valence-corrected chi connectivity index (χ1v) is 21.6. The van der Waals surface area contributed by atoms with E-state index in [1.165, 1.54) is 29.6 Å². The van der Waals surface area contributed by atoms with Crippen molar-refractivity contribution in [3.05, 3.63) is 106 Å². The second-order valence-electron chi connectivity index (χ2n) is 19.4. The molecule has 1 aromatic rings. The Bertz CT molecular complexity index is 2050. The van der Waals surface area contributed by atoms with E-state index in [2.05, 4.69) is 58.1 Å². The van der Waals surface area contributed by atoms with Gasteiger partial charge in [-0.15, -0.1) is 11.6 Å². The van der Waals surface area contributed by atoms with Crippen LogP contribution in [-0.4, -0.2) is 40.7 Å². The number of halogens is 1. The number of esters is 1. The third-order valence-corrected chi connectivity index (χ3v) is 17.6. The van der Waals surface area contributed by atoms with Crippen molar-refractivity contribution in [3.63, 3.8) is 0 Å². The first-order chi connectivity index (χ1) is 26.2. The predicted molar refractivity (Wildman–Crippen MR) is 216 cm³/mol. The molecular formula is C49H57ClO5. The topological polar surface area (TPSA) is 80.7 Å². The van der Waals surface area contributed by atoms with Crippen LogP contribution >= 0.6 is 11.6 Å². The zero-order chi connectivity index (χ0) is 38.7. The van der Waals surface area contributed by atoms with Crippen molar-refractivity contribution in [2.75, 3.05) is 5.88 Å². The zero-order valence-electron chi connectivity index (χ0n) is 33.2. The average molecular weight is 761 g/mol. The minimum atomic E-state index is -0.818. The second-order valence-corrected chi connectivity index (χ2v) is 19.7. The van der Waals surface area contributed by atoms with Gasteiger partial charge in [-0.2, -0.15) is 0 Å². The summed E-state index contributed by atoms with van der Waals surface area (Å²) >= 11 is 6.24. The standard InChI is InChI=1S/C49H57ClO5/c1-29(51)49(24-19-40-35-13-10-31-26-33(52)16-21-45(31,2)39(35)18-23-48(40,49)5)41-9-7-6-8-37(41)44(54)55-34-17-22-46(3)32(27-34)11-14-36-38-15-12-30(20-25-50)47(38,4)28-42(53)43(36)46/h6-10,13,16-17,21-22,26-27,30,34-35,38-40,42,53H,11-12,14-15,18-20,23-25,28H2,1-5H3/t30-,34?,35?,38+,39?,40?,42+,45+,46+,47-,48+,49+/m1/s1. The van der Waals surface area contributed by atoms with Crippen molar-refractivity contribution < 1.29 is 24.2 Å². The van der Waals surface area contributed by atoms with Crippen LogP contribution in [0.1, 0.15) is 115 Å². The Balaban J connectivity index is 0.996. The van der Waals surface area contributed by atoms with Crippen LogP contribution in [0.3, 0.4) is 0 Å². The Morgan fingerprint density at radius 1 is 0.945 bits per heavy atom. The highest BCUT2D eigenvalue weighted by molar-refractivity contribution is 6.17. The van der Waals surface area contributed by atoms with Gasteiger partial charge in [-0.25, -0.2) is 4.79 Å². The van der Waals surface area contributed by atoms with Gasteiger partial charge < -0.3 is 9.84 Å². The molecule has 0 amide bonds. The Labute approximate surface area is 332 Å². The Kier molecular flexibility index (Phi) is 8.73. The summed E-state index contributed by atoms with van der Waals surface area (Å²) in [5.74, 6) is 2.35. The van der Waals surface area contributed by atoms with E-state index in [4.69, 9.17) is 16.3 Å². The van der Waals surface area contributed by atoms with Gasteiger partial charge >= 0.3 is 5.97 Å². The van der Waals surface area contributed by atoms with Crippen molar-refractivity contribution in [3.8, 4) is 0 Å². The average Bonchev–Trinajstić information content (AvgIpc) is 3.65. The van der Waals surface area contributed by atoms with Gasteiger partial charge in [0.15, 0.2) is 5.78 Å². The highest BCUT2D eigenvalue weighted by atomic mass is 35.5. The lowest BCUT2D eigenvalue weighted by Crippen LogP contribution is -2.55. The monoisotopic (exact) mass is 760 g/mol. The zero-order valence-corrected chi connectivity index (χ0v) is 34.0. The van der Waals surface area contributed by atoms with E-state index in [-0.39, 0.29) is 39.6 Å². The number of ether oxygens (including phenoxy) is 1. The SMILES string of the molecule is CC(=O)[C@]1(c2ccccc2C(=O)OC2C=C[C@@]3(C)C(=C2)CCC2=C3[C@@H](O)C[C@]3(C)[C@@H](CCCl)CC[C@@H]23)CCC2C3C=CC4=CC(=O)C=C[C@]4(C)C3CC[C@@]21C. The minimum absolute atomic E-state index is 0.0478. The molecule has 55 heavy (non-hydrogen) atoms. The molecule has 0 spiro atoms. The minimum Gasteiger partial charge on any atom is -0.450 e. The molecule has 3 saturated carbocycles. The van der Waals surface area contributed by atoms with E-state index < -0.39 is 29.0 Å². The third kappa shape index (κ3) is 5.09. The van der Waals surface area contributed by atoms with Gasteiger partial charge in [-0.3, -0.25) is 9.59 Å². The van der Waals surface area contributed by atoms with Gasteiger partial charge in [0.2, 0.25) is 0 Å². The molecule has 0 radical (unpaired) electrons. The van der Waals surface area contributed by atoms with Crippen LogP contribution in [-0.2, 0) is 19.7 Å². The lowest BCUT2D eigenvalue weighted by molar-refractivity contribution is -0.129. The van der Waals surface area contributed by atoms with Crippen LogP contribution in [0.25, 0.3) is 0 Å². The summed E-state index contributed by atoms with van der Waals surface area (Å²) in [4.78, 5) is 41.0. The number of benzene rings is 1. The van der Waals surface area contributed by atoms with Gasteiger partial charge in [0.1, 0.15) is 11.9 Å². The van der Waals surface area contributed by atoms with Crippen LogP contribution in [0, 0.1) is 51.2 Å². The fraction of sp³-hybridized carbons (Fsp3) is 0.571. The molecule has 4 unspecified atom stereocenters. The van der Waals surface area contributed by atoms with Crippen LogP contribution in [0.5, 0.6) is 0 Å². The van der Waals surface area contributed by atoms with Crippen LogP contribution in [0.2, 0.25) is 0 Å². The molecule has 290 valence electrons. The van der Waals surface area contributed by atoms with Gasteiger partial charge in [-0.05, 0) is 166 Å². The van der Waals surface area contributed by atoms with Crippen molar-refractivity contribution in [2.24, 2.45) is 51.2 Å². The van der Waals surface area contributed by atoms with Crippen molar-refractivity contribution >= 4 is 29.1 Å². The first kappa shape index (κ1) is 37.3. The molecule has 0 aliphatic heterocycles. The summed E-state index contributed by atoms with van der Waals surface area (Å²) < 4.78 is 6.36. The molecular weight excluding hydrogens is 704 g/mol. The number of hydrogen-bond donors (Lipinski definition) is 1. The fourth-order valence-electron chi connectivity index (χ4n) is 14.6. The van der Waals surface area contributed by atoms with Crippen molar-refractivity contribution in [1.82, 2.24) is 0 Å². The summed E-state index contributed by atoms with van der Waals surface area (Å²) in [6.45, 7) is 10.9. The van der Waals surface area contributed by atoms with Gasteiger partial charge in [-0.1, -0.05) is 74.4 Å². The maximum absolute atomic E-state index is 14.4. The normalized spacial score (nSPS) is 43.7. The number of hydrogen-bond acceptors (Lipinski definition) is 5. The molecule has 0 bridgehead atoms. The molecule has 0 saturated heterocycles. The largest absolute Gasteiger partial charge is 0.450 e. The molecule has 8 aliphatic carbocycles. The highest BCUT2D eigenvalue weighted by Gasteiger charge is 2.66. The van der Waals surface area contributed by atoms with Gasteiger partial charge in [0, 0.05) is 16.7 Å². The number of ketones is 2. The molecule has 5 nitrogen and oxygen atoms in total. The summed E-state index contributed by atoms with van der Waals surface area (Å²) in [5.41, 5.74) is 4.54. The van der Waals surface area contributed by atoms with Crippen LogP contribution in [0.4, 0.5) is 0 Å². The number of carbonyl (C=O) groups is 3. The molecule has 9 rings (SSSR count). The van der Waals surface area contributed by atoms with E-state index in [0.29, 0.717) is 35.6 Å². The molecule has 6 heteroatoms. The van der Waals surface area contributed by atoms with E-state index in [9.17, 15) is 19.5 Å². The van der Waals surface area contributed by atoms with E-state index in [0.717, 1.165) is 56.1 Å². The van der Waals surface area contributed by atoms with Gasteiger partial charge in [0.05, 0.1) is 17.1 Å². The van der Waals surface area contributed by atoms with Crippen molar-refractivity contribution in [1.29, 1.82) is 0 Å². The number of allylic oxidation sites excluding steroid dienone is 9. The first-order valence-electron chi connectivity index (χ1n) is 21.0. The number of alkyl halides is 1. The molecule has 0 aromatic heterocycles. The Morgan fingerprint density at radius 2 is 1.73 bits per heavy atom. The van der Waals surface area contributed by atoms with Crippen LogP contribution in [0.15, 0.2) is 95.2 Å². The second kappa shape index (κ2) is 12.9. The summed E-state index contributed by atoms with van der Waals surface area (Å²) in [5, 5.41) is 11.8. The number of Topliss-reactive ketones (excluding diaryl/α,β-unsaturated/α-hetero) is 1.